The van der Waals surface area contributed by atoms with E-state index in [1.165, 1.54) is 51.3 Å². The maximum atomic E-state index is 14.1. The first-order valence-corrected chi connectivity index (χ1v) is 15.2. The van der Waals surface area contributed by atoms with Gasteiger partial charge >= 0.3 is 0 Å². The Labute approximate surface area is 272 Å². The molecule has 0 saturated heterocycles. The molecule has 0 radical (unpaired) electrons. The van der Waals surface area contributed by atoms with Crippen LogP contribution < -0.4 is 30.2 Å². The monoisotopic (exact) mass is 693 g/mol. The molecule has 0 aliphatic carbocycles. The lowest BCUT2D eigenvalue weighted by molar-refractivity contribution is -0.114. The van der Waals surface area contributed by atoms with Gasteiger partial charge in [-0.05, 0) is 60.7 Å². The fourth-order valence-corrected chi connectivity index (χ4v) is 5.14. The smallest absolute Gasteiger partial charge is 0.272 e. The number of benzene rings is 4. The predicted octanol–water partition coefficient (Wildman–Crippen LogP) is 6.75. The average molecular weight is 695 g/mol. The number of hydrogen-bond donors (Lipinski definition) is 3. The normalized spacial score (nSPS) is 10.9. The van der Waals surface area contributed by atoms with E-state index in [9.17, 15) is 18.8 Å². The maximum absolute atomic E-state index is 14.1. The molecule has 232 valence electrons. The molecule has 4 aromatic rings. The highest BCUT2D eigenvalue weighted by atomic mass is 79.9. The zero-order valence-corrected chi connectivity index (χ0v) is 26.9. The van der Waals surface area contributed by atoms with Crippen molar-refractivity contribution in [1.29, 1.82) is 0 Å². The number of carbonyl (C=O) groups excluding carboxylic acids is 3. The Morgan fingerprint density at radius 3 is 2.22 bits per heavy atom. The van der Waals surface area contributed by atoms with Gasteiger partial charge in [0.1, 0.15) is 17.3 Å². The van der Waals surface area contributed by atoms with Gasteiger partial charge < -0.3 is 30.2 Å². The molecular formula is C33H29BrFN3O6S. The topological polar surface area (TPSA) is 115 Å². The highest BCUT2D eigenvalue weighted by molar-refractivity contribution is 9.10. The van der Waals surface area contributed by atoms with Crippen LogP contribution >= 0.6 is 27.7 Å². The van der Waals surface area contributed by atoms with Crippen LogP contribution in [0.2, 0.25) is 0 Å². The summed E-state index contributed by atoms with van der Waals surface area (Å²) in [5.41, 5.74) is 1.24. The van der Waals surface area contributed by atoms with Crippen LogP contribution in [-0.2, 0) is 9.59 Å². The molecule has 0 atom stereocenters. The van der Waals surface area contributed by atoms with Crippen LogP contribution in [0.25, 0.3) is 6.08 Å². The summed E-state index contributed by atoms with van der Waals surface area (Å²) < 4.78 is 30.9. The van der Waals surface area contributed by atoms with Gasteiger partial charge in [0, 0.05) is 32.2 Å². The molecule has 0 fully saturated rings. The number of ether oxygens (including phenoxy) is 3. The van der Waals surface area contributed by atoms with Gasteiger partial charge in [-0.15, -0.1) is 11.8 Å². The standard InChI is InChI=1S/C33H29BrFN3O6S/c1-42-28-18-30(44-3)29(43-2)15-21(28)14-27(38-32(40)20-8-5-4-6-9-20)33(41)36-23-10-7-11-24(17-23)45-19-31(39)37-26-13-12-22(34)16-25(26)35/h4-18H,19H2,1-3H3,(H,36,41)(H,37,39)(H,38,40)/b27-14+. The molecule has 0 aromatic heterocycles. The molecule has 0 aliphatic rings. The molecule has 3 amide bonds. The van der Waals surface area contributed by atoms with Gasteiger partial charge in [0.25, 0.3) is 11.8 Å². The molecule has 12 heteroatoms. The van der Waals surface area contributed by atoms with E-state index in [0.29, 0.717) is 43.4 Å². The van der Waals surface area contributed by atoms with Crippen molar-refractivity contribution >= 4 is 62.9 Å². The summed E-state index contributed by atoms with van der Waals surface area (Å²) in [5, 5.41) is 8.05. The third-order valence-electron chi connectivity index (χ3n) is 6.23. The molecule has 3 N–H and O–H groups in total. The van der Waals surface area contributed by atoms with E-state index in [2.05, 4.69) is 31.9 Å². The fourth-order valence-electron chi connectivity index (χ4n) is 4.05. The van der Waals surface area contributed by atoms with Crippen molar-refractivity contribution < 1.29 is 33.0 Å². The first kappa shape index (κ1) is 33.1. The second-order valence-electron chi connectivity index (χ2n) is 9.27. The van der Waals surface area contributed by atoms with Crippen molar-refractivity contribution in [2.75, 3.05) is 37.7 Å². The number of thioether (sulfide) groups is 1. The fraction of sp³-hybridized carbons (Fsp3) is 0.121. The Balaban J connectivity index is 1.55. The number of amides is 3. The van der Waals surface area contributed by atoms with Crippen molar-refractivity contribution in [3.63, 3.8) is 0 Å². The number of nitrogens with one attached hydrogen (secondary N) is 3. The Bertz CT molecular complexity index is 1740. The molecule has 0 unspecified atom stereocenters. The van der Waals surface area contributed by atoms with E-state index in [0.717, 1.165) is 0 Å². The number of hydrogen-bond acceptors (Lipinski definition) is 7. The van der Waals surface area contributed by atoms with Crippen molar-refractivity contribution in [3.05, 3.63) is 112 Å². The first-order chi connectivity index (χ1) is 21.7. The first-order valence-electron chi connectivity index (χ1n) is 13.4. The van der Waals surface area contributed by atoms with E-state index < -0.39 is 23.5 Å². The van der Waals surface area contributed by atoms with Gasteiger partial charge in [0.05, 0.1) is 32.8 Å². The van der Waals surface area contributed by atoms with Crippen molar-refractivity contribution in [1.82, 2.24) is 5.32 Å². The number of methoxy groups -OCH3 is 3. The summed E-state index contributed by atoms with van der Waals surface area (Å²) in [6.45, 7) is 0. The quantitative estimate of drug-likeness (QED) is 0.111. The van der Waals surface area contributed by atoms with Crippen LogP contribution in [0.4, 0.5) is 15.8 Å². The van der Waals surface area contributed by atoms with E-state index in [1.807, 2.05) is 0 Å². The SMILES string of the molecule is COc1cc(OC)c(OC)cc1/C=C(/NC(=O)c1ccccc1)C(=O)Nc1cccc(SCC(=O)Nc2ccc(Br)cc2F)c1. The molecule has 0 heterocycles. The third-order valence-corrected chi connectivity index (χ3v) is 7.72. The molecule has 45 heavy (non-hydrogen) atoms. The van der Waals surface area contributed by atoms with E-state index in [1.54, 1.807) is 72.8 Å². The Morgan fingerprint density at radius 2 is 1.53 bits per heavy atom. The molecule has 4 rings (SSSR count). The minimum atomic E-state index is -0.610. The van der Waals surface area contributed by atoms with Crippen LogP contribution in [-0.4, -0.2) is 44.8 Å². The second kappa shape index (κ2) is 15.8. The number of carbonyl (C=O) groups is 3. The Hall–Kier alpha value is -4.81. The third kappa shape index (κ3) is 9.10. The molecule has 0 spiro atoms. The summed E-state index contributed by atoms with van der Waals surface area (Å²) in [4.78, 5) is 39.8. The van der Waals surface area contributed by atoms with Gasteiger partial charge in [0.15, 0.2) is 11.5 Å². The second-order valence-corrected chi connectivity index (χ2v) is 11.2. The van der Waals surface area contributed by atoms with E-state index in [-0.39, 0.29) is 17.1 Å². The summed E-state index contributed by atoms with van der Waals surface area (Å²) >= 11 is 4.39. The van der Waals surface area contributed by atoms with Gasteiger partial charge in [-0.25, -0.2) is 4.39 Å². The van der Waals surface area contributed by atoms with Crippen molar-refractivity contribution in [2.45, 2.75) is 4.90 Å². The molecular weight excluding hydrogens is 665 g/mol. The largest absolute Gasteiger partial charge is 0.496 e. The zero-order chi connectivity index (χ0) is 32.3. The van der Waals surface area contributed by atoms with Crippen LogP contribution in [0.15, 0.2) is 100.0 Å². The lowest BCUT2D eigenvalue weighted by atomic mass is 10.1. The molecule has 0 saturated carbocycles. The lowest BCUT2D eigenvalue weighted by Gasteiger charge is -2.15. The maximum Gasteiger partial charge on any atom is 0.272 e. The van der Waals surface area contributed by atoms with Crippen molar-refractivity contribution in [2.24, 2.45) is 0 Å². The highest BCUT2D eigenvalue weighted by Crippen LogP contribution is 2.35. The summed E-state index contributed by atoms with van der Waals surface area (Å²) in [7, 11) is 4.45. The minimum Gasteiger partial charge on any atom is -0.496 e. The Morgan fingerprint density at radius 1 is 0.822 bits per heavy atom. The summed E-state index contributed by atoms with van der Waals surface area (Å²) in [5.74, 6) is -0.840. The zero-order valence-electron chi connectivity index (χ0n) is 24.5. The van der Waals surface area contributed by atoms with Crippen LogP contribution in [0.3, 0.4) is 0 Å². The molecule has 0 aliphatic heterocycles. The van der Waals surface area contributed by atoms with Crippen LogP contribution in [0, 0.1) is 5.82 Å². The van der Waals surface area contributed by atoms with Crippen molar-refractivity contribution in [3.8, 4) is 17.2 Å². The minimum absolute atomic E-state index is 0.00425. The predicted molar refractivity (Wildman–Crippen MR) is 177 cm³/mol. The lowest BCUT2D eigenvalue weighted by Crippen LogP contribution is -2.30. The molecule has 9 nitrogen and oxygen atoms in total. The number of anilines is 2. The highest BCUT2D eigenvalue weighted by Gasteiger charge is 2.18. The van der Waals surface area contributed by atoms with Crippen LogP contribution in [0.1, 0.15) is 15.9 Å². The summed E-state index contributed by atoms with van der Waals surface area (Å²) in [6.07, 6.45) is 1.47. The Kier molecular flexibility index (Phi) is 11.6. The number of rotatable bonds is 12. The molecule has 4 aromatic carbocycles. The molecule has 0 bridgehead atoms. The van der Waals surface area contributed by atoms with Crippen LogP contribution in [0.5, 0.6) is 17.2 Å². The average Bonchev–Trinajstić information content (AvgIpc) is 3.05. The van der Waals surface area contributed by atoms with Gasteiger partial charge in [-0.3, -0.25) is 14.4 Å². The van der Waals surface area contributed by atoms with E-state index >= 15 is 0 Å². The van der Waals surface area contributed by atoms with Gasteiger partial charge in [0.2, 0.25) is 5.91 Å². The van der Waals surface area contributed by atoms with E-state index in [4.69, 9.17) is 14.2 Å². The summed E-state index contributed by atoms with van der Waals surface area (Å²) in [6, 6.07) is 22.9. The van der Waals surface area contributed by atoms with Gasteiger partial charge in [-0.1, -0.05) is 40.2 Å². The van der Waals surface area contributed by atoms with Gasteiger partial charge in [-0.2, -0.15) is 0 Å². The number of halogens is 2.